The minimum absolute atomic E-state index is 0.278. The summed E-state index contributed by atoms with van der Waals surface area (Å²) in [6, 6.07) is 107. The van der Waals surface area contributed by atoms with Gasteiger partial charge in [0, 0.05) is 27.9 Å². The monoisotopic (exact) mass is 1020 g/mol. The van der Waals surface area contributed by atoms with Gasteiger partial charge >= 0.3 is 0 Å². The van der Waals surface area contributed by atoms with Gasteiger partial charge in [-0.3, -0.25) is 0 Å². The highest BCUT2D eigenvalue weighted by Crippen LogP contribution is 2.61. The molecule has 2 nitrogen and oxygen atoms in total. The van der Waals surface area contributed by atoms with E-state index < -0.39 is 0 Å². The summed E-state index contributed by atoms with van der Waals surface area (Å²) in [5.74, 6) is 0. The number of rotatable bonds is 10. The van der Waals surface area contributed by atoms with Gasteiger partial charge < -0.3 is 9.80 Å². The molecule has 0 radical (unpaired) electrons. The smallest absolute Gasteiger partial charge is 0.0544 e. The van der Waals surface area contributed by atoms with Gasteiger partial charge in [-0.25, -0.2) is 0 Å². The highest BCUT2D eigenvalue weighted by atomic mass is 15.2. The van der Waals surface area contributed by atoms with Gasteiger partial charge in [-0.05, 0) is 173 Å². The van der Waals surface area contributed by atoms with Crippen molar-refractivity contribution in [3.05, 3.63) is 313 Å². The van der Waals surface area contributed by atoms with Crippen LogP contribution in [0.15, 0.2) is 291 Å². The van der Waals surface area contributed by atoms with E-state index in [1.54, 1.807) is 0 Å². The average molecular weight is 1030 g/mol. The van der Waals surface area contributed by atoms with E-state index in [2.05, 4.69) is 329 Å². The molecular formula is C78H60N2. The topological polar surface area (TPSA) is 6.48 Å². The Morgan fingerprint density at radius 1 is 0.225 bits per heavy atom. The fraction of sp³-hybridized carbons (Fsp3) is 0.0769. The fourth-order valence-corrected chi connectivity index (χ4v) is 12.6. The SMILES string of the molecule is CC1(C)c2cc(-c3ccccc3)ccc2N2c3ccc(-c4ccccc4)cc3C(C)(C)c3cc(-c4ccc(-c5ccc(-c6ccc(N(c7ccc(-c8ccccc8)cc7)c7ccc(-c8ccccc8)cc7)cc6)cc5)cc4)cc1c32. The highest BCUT2D eigenvalue weighted by molar-refractivity contribution is 5.96. The van der Waals surface area contributed by atoms with Crippen molar-refractivity contribution in [1.29, 1.82) is 0 Å². The summed E-state index contributed by atoms with van der Waals surface area (Å²) in [6.45, 7) is 9.69. The number of hydrogen-bond acceptors (Lipinski definition) is 2. The molecule has 0 bridgehead atoms. The van der Waals surface area contributed by atoms with Crippen LogP contribution < -0.4 is 9.80 Å². The molecule has 0 saturated carbocycles. The number of fused-ring (bicyclic) bond motifs is 4. The Bertz CT molecular complexity index is 3990. The normalized spacial score (nSPS) is 13.4. The molecule has 382 valence electrons. The predicted molar refractivity (Wildman–Crippen MR) is 338 cm³/mol. The number of anilines is 6. The molecule has 0 fully saturated rings. The van der Waals surface area contributed by atoms with Gasteiger partial charge in [-0.2, -0.15) is 0 Å². The van der Waals surface area contributed by atoms with E-state index >= 15 is 0 Å². The molecule has 12 aromatic carbocycles. The molecule has 0 saturated heterocycles. The molecule has 2 aliphatic heterocycles. The first-order chi connectivity index (χ1) is 39.2. The first-order valence-electron chi connectivity index (χ1n) is 28.0. The largest absolute Gasteiger partial charge is 0.311 e. The zero-order valence-electron chi connectivity index (χ0n) is 45.6. The lowest BCUT2D eigenvalue weighted by Crippen LogP contribution is -2.38. The molecule has 2 heterocycles. The molecule has 0 aromatic heterocycles. The lowest BCUT2D eigenvalue weighted by Gasteiger charge is -2.50. The van der Waals surface area contributed by atoms with Crippen molar-refractivity contribution in [3.8, 4) is 77.9 Å². The maximum absolute atomic E-state index is 2.58. The van der Waals surface area contributed by atoms with Crippen LogP contribution in [-0.2, 0) is 10.8 Å². The second-order valence-corrected chi connectivity index (χ2v) is 22.6. The third-order valence-electron chi connectivity index (χ3n) is 17.1. The third kappa shape index (κ3) is 8.52. The molecule has 0 N–H and O–H groups in total. The lowest BCUT2D eigenvalue weighted by molar-refractivity contribution is 0.598. The van der Waals surface area contributed by atoms with Crippen molar-refractivity contribution in [1.82, 2.24) is 0 Å². The number of hydrogen-bond donors (Lipinski definition) is 0. The van der Waals surface area contributed by atoms with Crippen LogP contribution in [0.2, 0.25) is 0 Å². The Morgan fingerprint density at radius 3 is 0.750 bits per heavy atom. The molecule has 0 amide bonds. The zero-order chi connectivity index (χ0) is 54.0. The quantitative estimate of drug-likeness (QED) is 0.135. The van der Waals surface area contributed by atoms with Crippen LogP contribution in [0.5, 0.6) is 0 Å². The highest BCUT2D eigenvalue weighted by Gasteiger charge is 2.46. The van der Waals surface area contributed by atoms with Crippen LogP contribution >= 0.6 is 0 Å². The van der Waals surface area contributed by atoms with Gasteiger partial charge in [0.15, 0.2) is 0 Å². The Morgan fingerprint density at radius 2 is 0.450 bits per heavy atom. The lowest BCUT2D eigenvalue weighted by atomic mass is 9.65. The van der Waals surface area contributed by atoms with Crippen LogP contribution in [0.3, 0.4) is 0 Å². The Kier molecular flexibility index (Phi) is 11.9. The first-order valence-corrected chi connectivity index (χ1v) is 28.0. The maximum Gasteiger partial charge on any atom is 0.0544 e. The predicted octanol–water partition coefficient (Wildman–Crippen LogP) is 21.6. The number of benzene rings is 12. The standard InChI is InChI=1S/C78H60N2/c1-77(2)70-49-64(55-21-13-7-14-22-55)39-47-74(70)80-75-48-40-65(56-23-15-8-16-24-56)50-71(75)78(3,4)73-52-66(51-72(77)76(73)80)63-31-29-58(30-32-63)57-25-27-59(28-26-57)62-37-45-69(46-38-62)79(67-41-33-60(34-42-67)53-17-9-5-10-18-53)68-43-35-61(36-44-68)54-19-11-6-12-20-54/h5-52H,1-4H3. The van der Waals surface area contributed by atoms with Gasteiger partial charge in [0.05, 0.1) is 17.1 Å². The molecule has 2 aliphatic rings. The molecule has 12 aromatic rings. The van der Waals surface area contributed by atoms with Gasteiger partial charge in [0.1, 0.15) is 0 Å². The van der Waals surface area contributed by atoms with Crippen LogP contribution in [0.25, 0.3) is 77.9 Å². The molecule has 0 atom stereocenters. The third-order valence-corrected chi connectivity index (χ3v) is 17.1. The Labute approximate surface area is 471 Å². The average Bonchev–Trinajstić information content (AvgIpc) is 3.61. The van der Waals surface area contributed by atoms with E-state index in [0.29, 0.717) is 0 Å². The van der Waals surface area contributed by atoms with Crippen molar-refractivity contribution in [2.45, 2.75) is 38.5 Å². The van der Waals surface area contributed by atoms with E-state index in [-0.39, 0.29) is 10.8 Å². The second-order valence-electron chi connectivity index (χ2n) is 22.6. The van der Waals surface area contributed by atoms with Crippen LogP contribution in [0.4, 0.5) is 34.1 Å². The fourth-order valence-electron chi connectivity index (χ4n) is 12.6. The van der Waals surface area contributed by atoms with Crippen molar-refractivity contribution in [2.75, 3.05) is 9.80 Å². The van der Waals surface area contributed by atoms with E-state index in [1.165, 1.54) is 117 Å². The molecule has 0 unspecified atom stereocenters. The van der Waals surface area contributed by atoms with Crippen molar-refractivity contribution in [3.63, 3.8) is 0 Å². The van der Waals surface area contributed by atoms with Gasteiger partial charge in [0.25, 0.3) is 0 Å². The minimum Gasteiger partial charge on any atom is -0.311 e. The summed E-state index contributed by atoms with van der Waals surface area (Å²) >= 11 is 0. The van der Waals surface area contributed by atoms with E-state index in [0.717, 1.165) is 17.1 Å². The molecule has 2 heteroatoms. The summed E-state index contributed by atoms with van der Waals surface area (Å²) in [4.78, 5) is 4.92. The van der Waals surface area contributed by atoms with Gasteiger partial charge in [-0.15, -0.1) is 0 Å². The second kappa shape index (κ2) is 19.6. The number of nitrogens with zero attached hydrogens (tertiary/aromatic N) is 2. The molecule has 14 rings (SSSR count). The molecule has 0 aliphatic carbocycles. The van der Waals surface area contributed by atoms with E-state index in [4.69, 9.17) is 0 Å². The van der Waals surface area contributed by atoms with Crippen molar-refractivity contribution in [2.24, 2.45) is 0 Å². The zero-order valence-corrected chi connectivity index (χ0v) is 45.6. The van der Waals surface area contributed by atoms with E-state index in [1.807, 2.05) is 0 Å². The molecule has 0 spiro atoms. The first kappa shape index (κ1) is 48.6. The Hall–Kier alpha value is -9.76. The molecular weight excluding hydrogens is 965 g/mol. The minimum atomic E-state index is -0.278. The summed E-state index contributed by atoms with van der Waals surface area (Å²) in [5, 5.41) is 0. The van der Waals surface area contributed by atoms with E-state index in [9.17, 15) is 0 Å². The summed E-state index contributed by atoms with van der Waals surface area (Å²) in [5.41, 5.74) is 28.9. The summed E-state index contributed by atoms with van der Waals surface area (Å²) < 4.78 is 0. The molecule has 80 heavy (non-hydrogen) atoms. The van der Waals surface area contributed by atoms with Gasteiger partial charge in [0.2, 0.25) is 0 Å². The van der Waals surface area contributed by atoms with Crippen LogP contribution in [-0.4, -0.2) is 0 Å². The summed E-state index contributed by atoms with van der Waals surface area (Å²) in [7, 11) is 0. The van der Waals surface area contributed by atoms with Crippen LogP contribution in [0, 0.1) is 0 Å². The summed E-state index contributed by atoms with van der Waals surface area (Å²) in [6.07, 6.45) is 0. The van der Waals surface area contributed by atoms with Crippen molar-refractivity contribution < 1.29 is 0 Å². The van der Waals surface area contributed by atoms with Crippen LogP contribution in [0.1, 0.15) is 49.9 Å². The Balaban J connectivity index is 0.776. The van der Waals surface area contributed by atoms with Crippen molar-refractivity contribution >= 4 is 34.1 Å². The maximum atomic E-state index is 2.58. The van der Waals surface area contributed by atoms with Gasteiger partial charge in [-0.1, -0.05) is 246 Å².